The summed E-state index contributed by atoms with van der Waals surface area (Å²) in [5, 5.41) is 6.75. The van der Waals surface area contributed by atoms with E-state index < -0.39 is 0 Å². The number of hydrogen-bond acceptors (Lipinski definition) is 3. The van der Waals surface area contributed by atoms with Crippen LogP contribution in [0.1, 0.15) is 30.9 Å². The van der Waals surface area contributed by atoms with Gasteiger partial charge in [-0.25, -0.2) is 0 Å². The monoisotopic (exact) mass is 547 g/mol. The van der Waals surface area contributed by atoms with Gasteiger partial charge in [0.1, 0.15) is 0 Å². The van der Waals surface area contributed by atoms with Gasteiger partial charge in [-0.2, -0.15) is 0 Å². The zero-order valence-electron chi connectivity index (χ0n) is 19.0. The zero-order chi connectivity index (χ0) is 21.6. The third-order valence-electron chi connectivity index (χ3n) is 6.40. The number of hydrogen-bond donors (Lipinski definition) is 2. The molecule has 2 atom stereocenters. The van der Waals surface area contributed by atoms with Crippen LogP contribution in [-0.4, -0.2) is 55.5 Å². The van der Waals surface area contributed by atoms with E-state index in [2.05, 4.69) is 63.8 Å². The van der Waals surface area contributed by atoms with Crippen LogP contribution >= 0.6 is 24.0 Å². The average molecular weight is 547 g/mol. The minimum atomic E-state index is 0. The van der Waals surface area contributed by atoms with Crippen molar-refractivity contribution in [1.82, 2.24) is 15.5 Å². The molecule has 1 amide bonds. The highest BCUT2D eigenvalue weighted by atomic mass is 127. The maximum Gasteiger partial charge on any atom is 0.246 e. The van der Waals surface area contributed by atoms with Gasteiger partial charge >= 0.3 is 0 Å². The first-order valence-corrected chi connectivity index (χ1v) is 11.3. The maximum absolute atomic E-state index is 12.8. The van der Waals surface area contributed by atoms with Crippen molar-refractivity contribution >= 4 is 41.5 Å². The molecule has 2 N–H and O–H groups in total. The Morgan fingerprint density at radius 1 is 1.09 bits per heavy atom. The summed E-state index contributed by atoms with van der Waals surface area (Å²) in [7, 11) is 1.76. The lowest BCUT2D eigenvalue weighted by Gasteiger charge is -2.38. The Balaban J connectivity index is 0.00000289. The largest absolute Gasteiger partial charge is 0.354 e. The van der Waals surface area contributed by atoms with Crippen LogP contribution in [0.3, 0.4) is 0 Å². The lowest BCUT2D eigenvalue weighted by atomic mass is 9.97. The third-order valence-corrected chi connectivity index (χ3v) is 6.40. The smallest absolute Gasteiger partial charge is 0.246 e. The van der Waals surface area contributed by atoms with E-state index in [1.165, 1.54) is 11.1 Å². The Hall–Kier alpha value is -2.13. The second kappa shape index (κ2) is 11.7. The van der Waals surface area contributed by atoms with E-state index in [0.717, 1.165) is 44.6 Å². The summed E-state index contributed by atoms with van der Waals surface area (Å²) >= 11 is 0. The fraction of sp³-hybridized carbons (Fsp3) is 0.440. The van der Waals surface area contributed by atoms with Crippen LogP contribution in [0.4, 0.5) is 5.69 Å². The molecule has 0 aromatic heterocycles. The van der Waals surface area contributed by atoms with E-state index in [9.17, 15) is 4.79 Å². The van der Waals surface area contributed by atoms with Crippen LogP contribution in [0, 0.1) is 0 Å². The molecule has 0 bridgehead atoms. The third kappa shape index (κ3) is 6.01. The topological polar surface area (TPSA) is 60.0 Å². The SMILES string of the molecule is CN=C(NCC(=O)N1CCc2ccccc21)NC1CCN(Cc2ccccc2)C(C)C1.I. The number of carbonyl (C=O) groups excluding carboxylic acids is 1. The van der Waals surface area contributed by atoms with Crippen molar-refractivity contribution in [3.8, 4) is 0 Å². The molecule has 2 heterocycles. The number of carbonyl (C=O) groups is 1. The Labute approximate surface area is 208 Å². The Morgan fingerprint density at radius 2 is 1.84 bits per heavy atom. The number of amides is 1. The average Bonchev–Trinajstić information content (AvgIpc) is 3.23. The lowest BCUT2D eigenvalue weighted by Crippen LogP contribution is -2.52. The Bertz CT molecular complexity index is 920. The summed E-state index contributed by atoms with van der Waals surface area (Å²) < 4.78 is 0. The summed E-state index contributed by atoms with van der Waals surface area (Å²) in [5.74, 6) is 0.786. The maximum atomic E-state index is 12.8. The van der Waals surface area contributed by atoms with Crippen molar-refractivity contribution in [2.45, 2.75) is 44.8 Å². The number of piperidine rings is 1. The number of aliphatic imine (C=N–C) groups is 1. The number of benzene rings is 2. The molecule has 0 radical (unpaired) electrons. The summed E-state index contributed by atoms with van der Waals surface area (Å²) in [6.45, 7) is 5.34. The van der Waals surface area contributed by atoms with Crippen molar-refractivity contribution in [2.24, 2.45) is 4.99 Å². The molecule has 32 heavy (non-hydrogen) atoms. The first kappa shape index (κ1) is 24.5. The molecule has 172 valence electrons. The van der Waals surface area contributed by atoms with E-state index >= 15 is 0 Å². The van der Waals surface area contributed by atoms with Gasteiger partial charge in [-0.15, -0.1) is 24.0 Å². The number of halogens is 1. The molecule has 7 heteroatoms. The van der Waals surface area contributed by atoms with E-state index in [-0.39, 0.29) is 36.4 Å². The number of fused-ring (bicyclic) bond motifs is 1. The van der Waals surface area contributed by atoms with Crippen molar-refractivity contribution < 1.29 is 4.79 Å². The summed E-state index contributed by atoms with van der Waals surface area (Å²) in [6.07, 6.45) is 3.04. The standard InChI is InChI=1S/C25H33N5O.HI/c1-19-16-22(13-14-29(19)18-20-8-4-3-5-9-20)28-25(26-2)27-17-24(31)30-15-12-21-10-6-7-11-23(21)30;/h3-11,19,22H,12-18H2,1-2H3,(H2,26,27,28);1H. The van der Waals surface area contributed by atoms with Crippen molar-refractivity contribution in [3.63, 3.8) is 0 Å². The van der Waals surface area contributed by atoms with Crippen LogP contribution in [0.5, 0.6) is 0 Å². The van der Waals surface area contributed by atoms with Crippen LogP contribution in [0.2, 0.25) is 0 Å². The molecule has 0 aliphatic carbocycles. The van der Waals surface area contributed by atoms with Crippen molar-refractivity contribution in [2.75, 3.05) is 31.6 Å². The number of likely N-dealkylation sites (tertiary alicyclic amines) is 1. The molecule has 1 fully saturated rings. The number of nitrogens with one attached hydrogen (secondary N) is 2. The number of rotatable bonds is 5. The van der Waals surface area contributed by atoms with E-state index in [1.807, 2.05) is 23.1 Å². The van der Waals surface area contributed by atoms with Gasteiger partial charge in [0.05, 0.1) is 6.54 Å². The molecular formula is C25H34IN5O. The highest BCUT2D eigenvalue weighted by Crippen LogP contribution is 2.27. The van der Waals surface area contributed by atoms with E-state index in [1.54, 1.807) is 7.05 Å². The highest BCUT2D eigenvalue weighted by molar-refractivity contribution is 14.0. The molecule has 2 aromatic rings. The van der Waals surface area contributed by atoms with Gasteiger partial charge in [0.25, 0.3) is 0 Å². The minimum absolute atomic E-state index is 0. The fourth-order valence-corrected chi connectivity index (χ4v) is 4.64. The Morgan fingerprint density at radius 3 is 2.59 bits per heavy atom. The number of anilines is 1. The van der Waals surface area contributed by atoms with Crippen LogP contribution in [0.15, 0.2) is 59.6 Å². The predicted octanol–water partition coefficient (Wildman–Crippen LogP) is 3.41. The minimum Gasteiger partial charge on any atom is -0.354 e. The van der Waals surface area contributed by atoms with Gasteiger partial charge in [0.15, 0.2) is 5.96 Å². The molecule has 4 rings (SSSR count). The highest BCUT2D eigenvalue weighted by Gasteiger charge is 2.27. The van der Waals surface area contributed by atoms with Gasteiger partial charge in [-0.1, -0.05) is 48.5 Å². The van der Waals surface area contributed by atoms with Crippen molar-refractivity contribution in [1.29, 1.82) is 0 Å². The molecule has 6 nitrogen and oxygen atoms in total. The van der Waals surface area contributed by atoms with Gasteiger partial charge < -0.3 is 15.5 Å². The molecule has 2 aliphatic heterocycles. The van der Waals surface area contributed by atoms with Crippen molar-refractivity contribution in [3.05, 3.63) is 65.7 Å². The first-order valence-electron chi connectivity index (χ1n) is 11.3. The second-order valence-corrected chi connectivity index (χ2v) is 8.52. The second-order valence-electron chi connectivity index (χ2n) is 8.52. The molecule has 2 aromatic carbocycles. The number of para-hydroxylation sites is 1. The zero-order valence-corrected chi connectivity index (χ0v) is 21.3. The number of nitrogens with zero attached hydrogens (tertiary/aromatic N) is 3. The molecule has 0 spiro atoms. The molecular weight excluding hydrogens is 513 g/mol. The van der Waals surface area contributed by atoms with E-state index in [4.69, 9.17) is 0 Å². The lowest BCUT2D eigenvalue weighted by molar-refractivity contribution is -0.117. The molecule has 0 saturated carbocycles. The van der Waals surface area contributed by atoms with Crippen LogP contribution in [0.25, 0.3) is 0 Å². The van der Waals surface area contributed by atoms with Crippen LogP contribution < -0.4 is 15.5 Å². The van der Waals surface area contributed by atoms with Gasteiger partial charge in [-0.3, -0.25) is 14.7 Å². The van der Waals surface area contributed by atoms with Gasteiger partial charge in [0.2, 0.25) is 5.91 Å². The number of guanidine groups is 1. The fourth-order valence-electron chi connectivity index (χ4n) is 4.64. The summed E-state index contributed by atoms with van der Waals surface area (Å²) in [6, 6.07) is 19.7. The molecule has 2 aliphatic rings. The quantitative estimate of drug-likeness (QED) is 0.343. The normalized spacial score (nSPS) is 20.9. The summed E-state index contributed by atoms with van der Waals surface area (Å²) in [4.78, 5) is 21.5. The molecule has 2 unspecified atom stereocenters. The van der Waals surface area contributed by atoms with E-state index in [0.29, 0.717) is 18.0 Å². The molecule has 1 saturated heterocycles. The predicted molar refractivity (Wildman–Crippen MR) is 142 cm³/mol. The van der Waals surface area contributed by atoms with Gasteiger partial charge in [0, 0.05) is 44.5 Å². The first-order chi connectivity index (χ1) is 15.1. The Kier molecular flexibility index (Phi) is 8.92. The summed E-state index contributed by atoms with van der Waals surface area (Å²) in [5.41, 5.74) is 3.65. The van der Waals surface area contributed by atoms with Crippen LogP contribution in [-0.2, 0) is 17.8 Å². The van der Waals surface area contributed by atoms with Gasteiger partial charge in [-0.05, 0) is 43.4 Å².